The number of benzene rings is 1. The Morgan fingerprint density at radius 3 is 2.83 bits per heavy atom. The second kappa shape index (κ2) is 4.95. The monoisotopic (exact) mass is 251 g/mol. The highest BCUT2D eigenvalue weighted by Gasteiger charge is 2.12. The van der Waals surface area contributed by atoms with Gasteiger partial charge in [-0.05, 0) is 12.1 Å². The molecule has 0 saturated heterocycles. The second-order valence-corrected chi connectivity index (χ2v) is 3.74. The van der Waals surface area contributed by atoms with Gasteiger partial charge in [-0.15, -0.1) is 0 Å². The largest absolute Gasteiger partial charge is 0.347 e. The number of halogens is 2. The minimum atomic E-state index is -0.942. The molecule has 0 radical (unpaired) electrons. The van der Waals surface area contributed by atoms with Crippen LogP contribution in [0.3, 0.4) is 0 Å². The molecule has 1 aromatic carbocycles. The van der Waals surface area contributed by atoms with Crippen molar-refractivity contribution in [1.82, 2.24) is 15.1 Å². The van der Waals surface area contributed by atoms with Crippen LogP contribution < -0.4 is 5.32 Å². The van der Waals surface area contributed by atoms with Crippen LogP contribution >= 0.6 is 0 Å². The lowest BCUT2D eigenvalue weighted by Crippen LogP contribution is -2.25. The third kappa shape index (κ3) is 2.37. The summed E-state index contributed by atoms with van der Waals surface area (Å²) in [6.45, 7) is -0.0758. The molecule has 1 N–H and O–H groups in total. The molecule has 0 fully saturated rings. The average Bonchev–Trinajstić information content (AvgIpc) is 2.77. The Labute approximate surface area is 102 Å². The second-order valence-electron chi connectivity index (χ2n) is 3.74. The highest BCUT2D eigenvalue weighted by Crippen LogP contribution is 2.11. The summed E-state index contributed by atoms with van der Waals surface area (Å²) in [6, 6.07) is 5.38. The predicted molar refractivity (Wildman–Crippen MR) is 60.7 cm³/mol. The molecule has 0 atom stereocenters. The lowest BCUT2D eigenvalue weighted by molar-refractivity contribution is 0.0941. The van der Waals surface area contributed by atoms with E-state index in [1.54, 1.807) is 7.05 Å². The summed E-state index contributed by atoms with van der Waals surface area (Å²) in [5, 5.41) is 6.35. The molecule has 1 amide bonds. The van der Waals surface area contributed by atoms with Gasteiger partial charge >= 0.3 is 0 Å². The fourth-order valence-electron chi connectivity index (χ4n) is 1.55. The smallest absolute Gasteiger partial charge is 0.269 e. The van der Waals surface area contributed by atoms with Gasteiger partial charge in [-0.25, -0.2) is 8.78 Å². The molecule has 0 saturated carbocycles. The molecule has 18 heavy (non-hydrogen) atoms. The molecule has 1 aromatic heterocycles. The first-order valence-corrected chi connectivity index (χ1v) is 5.28. The van der Waals surface area contributed by atoms with Gasteiger partial charge in [0.2, 0.25) is 0 Å². The fraction of sp³-hybridized carbons (Fsp3) is 0.167. The first-order valence-electron chi connectivity index (χ1n) is 5.28. The molecule has 0 aliphatic heterocycles. The summed E-state index contributed by atoms with van der Waals surface area (Å²) in [5.74, 6) is -2.26. The number of rotatable bonds is 3. The van der Waals surface area contributed by atoms with Gasteiger partial charge in [-0.3, -0.25) is 9.48 Å². The molecule has 4 nitrogen and oxygen atoms in total. The highest BCUT2D eigenvalue weighted by molar-refractivity contribution is 5.92. The summed E-state index contributed by atoms with van der Waals surface area (Å²) in [5.41, 5.74) is 0.456. The highest BCUT2D eigenvalue weighted by atomic mass is 19.2. The van der Waals surface area contributed by atoms with Crippen molar-refractivity contribution in [3.8, 4) is 0 Å². The van der Waals surface area contributed by atoms with Crippen LogP contribution in [0.5, 0.6) is 0 Å². The first kappa shape index (κ1) is 12.2. The van der Waals surface area contributed by atoms with Gasteiger partial charge in [-0.1, -0.05) is 12.1 Å². The number of carbonyl (C=O) groups is 1. The van der Waals surface area contributed by atoms with Gasteiger partial charge in [-0.2, -0.15) is 5.10 Å². The number of amides is 1. The van der Waals surface area contributed by atoms with E-state index in [9.17, 15) is 13.6 Å². The summed E-state index contributed by atoms with van der Waals surface area (Å²) in [7, 11) is 1.62. The number of hydrogen-bond acceptors (Lipinski definition) is 2. The van der Waals surface area contributed by atoms with Gasteiger partial charge in [0.25, 0.3) is 5.91 Å². The lowest BCUT2D eigenvalue weighted by Gasteiger charge is -2.06. The Kier molecular flexibility index (Phi) is 3.36. The lowest BCUT2D eigenvalue weighted by atomic mass is 10.2. The van der Waals surface area contributed by atoms with Crippen LogP contribution in [0.2, 0.25) is 0 Å². The van der Waals surface area contributed by atoms with Crippen molar-refractivity contribution < 1.29 is 13.6 Å². The zero-order chi connectivity index (χ0) is 13.1. The van der Waals surface area contributed by atoms with E-state index < -0.39 is 17.5 Å². The number of aryl methyl sites for hydroxylation is 1. The molecule has 2 aromatic rings. The summed E-state index contributed by atoms with van der Waals surface area (Å²) in [6.07, 6.45) is 1.48. The van der Waals surface area contributed by atoms with E-state index in [0.717, 1.165) is 6.07 Å². The molecule has 0 aliphatic rings. The Morgan fingerprint density at radius 2 is 2.17 bits per heavy atom. The van der Waals surface area contributed by atoms with E-state index in [0.29, 0.717) is 5.69 Å². The quantitative estimate of drug-likeness (QED) is 0.901. The van der Waals surface area contributed by atoms with Crippen molar-refractivity contribution in [3.05, 3.63) is 53.4 Å². The normalized spacial score (nSPS) is 10.4. The van der Waals surface area contributed by atoms with Crippen molar-refractivity contribution in [2.75, 3.05) is 0 Å². The maximum atomic E-state index is 13.3. The Bertz CT molecular complexity index is 580. The molecule has 1 heterocycles. The third-order valence-corrected chi connectivity index (χ3v) is 2.52. The number of nitrogens with zero attached hydrogens (tertiary/aromatic N) is 2. The molecular formula is C12H11F2N3O. The number of carbonyl (C=O) groups excluding carboxylic acids is 1. The SMILES string of the molecule is Cn1nccc1C(=O)NCc1cccc(F)c1F. The van der Waals surface area contributed by atoms with Crippen molar-refractivity contribution >= 4 is 5.91 Å². The number of nitrogens with one attached hydrogen (secondary N) is 1. The topological polar surface area (TPSA) is 46.9 Å². The molecule has 94 valence electrons. The van der Waals surface area contributed by atoms with Gasteiger partial charge in [0.1, 0.15) is 5.69 Å². The number of aromatic nitrogens is 2. The molecule has 0 unspecified atom stereocenters. The Morgan fingerprint density at radius 1 is 1.39 bits per heavy atom. The van der Waals surface area contributed by atoms with E-state index in [4.69, 9.17) is 0 Å². The molecular weight excluding hydrogens is 240 g/mol. The van der Waals surface area contributed by atoms with Crippen LogP contribution in [0, 0.1) is 11.6 Å². The van der Waals surface area contributed by atoms with Crippen molar-refractivity contribution in [1.29, 1.82) is 0 Å². The van der Waals surface area contributed by atoms with Crippen LogP contribution in [0.1, 0.15) is 16.1 Å². The maximum Gasteiger partial charge on any atom is 0.269 e. The molecule has 2 rings (SSSR count). The van der Waals surface area contributed by atoms with Gasteiger partial charge in [0, 0.05) is 25.4 Å². The zero-order valence-electron chi connectivity index (χ0n) is 9.65. The fourth-order valence-corrected chi connectivity index (χ4v) is 1.55. The summed E-state index contributed by atoms with van der Waals surface area (Å²) >= 11 is 0. The first-order chi connectivity index (χ1) is 8.59. The van der Waals surface area contributed by atoms with E-state index in [-0.39, 0.29) is 12.1 Å². The van der Waals surface area contributed by atoms with E-state index in [1.807, 2.05) is 0 Å². The Hall–Kier alpha value is -2.24. The van der Waals surface area contributed by atoms with Crippen LogP contribution in [0.25, 0.3) is 0 Å². The van der Waals surface area contributed by atoms with Crippen molar-refractivity contribution in [2.45, 2.75) is 6.54 Å². The third-order valence-electron chi connectivity index (χ3n) is 2.52. The standard InChI is InChI=1S/C12H11F2N3O/c1-17-10(5-6-16-17)12(18)15-7-8-3-2-4-9(13)11(8)14/h2-6H,7H2,1H3,(H,15,18). The number of hydrogen-bond donors (Lipinski definition) is 1. The summed E-state index contributed by atoms with van der Waals surface area (Å²) in [4.78, 5) is 11.7. The van der Waals surface area contributed by atoms with Crippen LogP contribution in [0.15, 0.2) is 30.5 Å². The minimum Gasteiger partial charge on any atom is -0.347 e. The van der Waals surface area contributed by atoms with E-state index in [1.165, 1.54) is 29.1 Å². The van der Waals surface area contributed by atoms with Crippen molar-refractivity contribution in [3.63, 3.8) is 0 Å². The van der Waals surface area contributed by atoms with E-state index in [2.05, 4.69) is 10.4 Å². The molecule has 0 aliphatic carbocycles. The maximum absolute atomic E-state index is 13.3. The molecule has 0 spiro atoms. The van der Waals surface area contributed by atoms with Crippen molar-refractivity contribution in [2.24, 2.45) is 7.05 Å². The van der Waals surface area contributed by atoms with Crippen LogP contribution in [0.4, 0.5) is 8.78 Å². The molecule has 6 heteroatoms. The van der Waals surface area contributed by atoms with Gasteiger partial charge in [0.05, 0.1) is 0 Å². The predicted octanol–water partition coefficient (Wildman–Crippen LogP) is 1.63. The average molecular weight is 251 g/mol. The van der Waals surface area contributed by atoms with Crippen LogP contribution in [-0.4, -0.2) is 15.7 Å². The Balaban J connectivity index is 2.06. The van der Waals surface area contributed by atoms with Gasteiger partial charge < -0.3 is 5.32 Å². The minimum absolute atomic E-state index is 0.0758. The zero-order valence-corrected chi connectivity index (χ0v) is 9.65. The molecule has 0 bridgehead atoms. The van der Waals surface area contributed by atoms with Crippen LogP contribution in [-0.2, 0) is 13.6 Å². The van der Waals surface area contributed by atoms with E-state index >= 15 is 0 Å². The van der Waals surface area contributed by atoms with Gasteiger partial charge in [0.15, 0.2) is 11.6 Å². The summed E-state index contributed by atoms with van der Waals surface area (Å²) < 4.78 is 27.7.